The second-order valence-electron chi connectivity index (χ2n) is 3.54. The lowest BCUT2D eigenvalue weighted by Crippen LogP contribution is -2.20. The normalized spacial score (nSPS) is 18.3. The van der Waals surface area contributed by atoms with Crippen LogP contribution in [0.1, 0.15) is 23.3 Å². The van der Waals surface area contributed by atoms with Crippen molar-refractivity contribution in [3.63, 3.8) is 0 Å². The van der Waals surface area contributed by atoms with Crippen molar-refractivity contribution in [1.82, 2.24) is 15.0 Å². The molecule has 0 aliphatic carbocycles. The summed E-state index contributed by atoms with van der Waals surface area (Å²) in [7, 11) is 0. The Morgan fingerprint density at radius 3 is 3.00 bits per heavy atom. The van der Waals surface area contributed by atoms with Crippen LogP contribution in [0.2, 0.25) is 0 Å². The van der Waals surface area contributed by atoms with Crippen LogP contribution in [0.25, 0.3) is 0 Å². The summed E-state index contributed by atoms with van der Waals surface area (Å²) in [6.07, 6.45) is 4.53. The monoisotopic (exact) mass is 195 g/mol. The molecule has 0 amide bonds. The number of ether oxygens (including phenoxy) is 1. The largest absolute Gasteiger partial charge is 0.381 e. The number of carbonyl (C=O) groups is 1. The van der Waals surface area contributed by atoms with Crippen LogP contribution in [0.4, 0.5) is 0 Å². The molecule has 1 saturated heterocycles. The predicted octanol–water partition coefficient (Wildman–Crippen LogP) is 0.517. The van der Waals surface area contributed by atoms with Crippen LogP contribution in [0.3, 0.4) is 0 Å². The van der Waals surface area contributed by atoms with E-state index in [4.69, 9.17) is 4.74 Å². The number of aromatic nitrogens is 3. The van der Waals surface area contributed by atoms with Gasteiger partial charge in [0.25, 0.3) is 0 Å². The lowest BCUT2D eigenvalue weighted by Gasteiger charge is -2.21. The smallest absolute Gasteiger partial charge is 0.171 e. The van der Waals surface area contributed by atoms with Gasteiger partial charge in [-0.1, -0.05) is 5.21 Å². The number of rotatable bonds is 3. The van der Waals surface area contributed by atoms with E-state index in [9.17, 15) is 4.79 Å². The fourth-order valence-corrected chi connectivity index (χ4v) is 1.65. The van der Waals surface area contributed by atoms with Gasteiger partial charge in [-0.3, -0.25) is 9.48 Å². The van der Waals surface area contributed by atoms with Crippen LogP contribution in [0.5, 0.6) is 0 Å². The summed E-state index contributed by atoms with van der Waals surface area (Å²) in [5.74, 6) is 0.602. The summed E-state index contributed by atoms with van der Waals surface area (Å²) in [5, 5.41) is 7.59. The van der Waals surface area contributed by atoms with Crippen molar-refractivity contribution in [3.05, 3.63) is 11.9 Å². The van der Waals surface area contributed by atoms with Crippen LogP contribution in [0, 0.1) is 5.92 Å². The molecule has 0 spiro atoms. The standard InChI is InChI=1S/C9H13N3O2/c13-7-9-6-12(11-10-9)5-8-1-3-14-4-2-8/h6-8H,1-5H2. The third-order valence-electron chi connectivity index (χ3n) is 2.46. The van der Waals surface area contributed by atoms with Crippen molar-refractivity contribution in [2.75, 3.05) is 13.2 Å². The van der Waals surface area contributed by atoms with Crippen molar-refractivity contribution in [3.8, 4) is 0 Å². The molecule has 0 unspecified atom stereocenters. The van der Waals surface area contributed by atoms with Gasteiger partial charge < -0.3 is 4.74 Å². The van der Waals surface area contributed by atoms with E-state index >= 15 is 0 Å². The van der Waals surface area contributed by atoms with E-state index < -0.39 is 0 Å². The minimum absolute atomic E-state index is 0.400. The second-order valence-corrected chi connectivity index (χ2v) is 3.54. The van der Waals surface area contributed by atoms with Crippen molar-refractivity contribution >= 4 is 6.29 Å². The van der Waals surface area contributed by atoms with Gasteiger partial charge in [-0.25, -0.2) is 0 Å². The number of nitrogens with zero attached hydrogens (tertiary/aromatic N) is 3. The highest BCUT2D eigenvalue weighted by Gasteiger charge is 2.14. The Kier molecular flexibility index (Phi) is 2.88. The molecule has 2 heterocycles. The van der Waals surface area contributed by atoms with Gasteiger partial charge in [-0.05, 0) is 18.8 Å². The maximum absolute atomic E-state index is 10.4. The quantitative estimate of drug-likeness (QED) is 0.660. The molecule has 0 aromatic carbocycles. The zero-order valence-corrected chi connectivity index (χ0v) is 7.93. The average molecular weight is 195 g/mol. The van der Waals surface area contributed by atoms with Gasteiger partial charge >= 0.3 is 0 Å². The van der Waals surface area contributed by atoms with Crippen LogP contribution >= 0.6 is 0 Å². The first kappa shape index (κ1) is 9.33. The highest BCUT2D eigenvalue weighted by atomic mass is 16.5. The fraction of sp³-hybridized carbons (Fsp3) is 0.667. The molecule has 0 N–H and O–H groups in total. The summed E-state index contributed by atoms with van der Waals surface area (Å²) in [4.78, 5) is 10.4. The van der Waals surface area contributed by atoms with Crippen LogP contribution in [0.15, 0.2) is 6.20 Å². The van der Waals surface area contributed by atoms with E-state index in [1.54, 1.807) is 10.9 Å². The number of hydrogen-bond donors (Lipinski definition) is 0. The lowest BCUT2D eigenvalue weighted by molar-refractivity contribution is 0.0599. The molecule has 1 aromatic heterocycles. The molecule has 14 heavy (non-hydrogen) atoms. The molecular weight excluding hydrogens is 182 g/mol. The van der Waals surface area contributed by atoms with Gasteiger partial charge in [0.05, 0.1) is 6.20 Å². The van der Waals surface area contributed by atoms with Crippen LogP contribution < -0.4 is 0 Å². The number of carbonyl (C=O) groups excluding carboxylic acids is 1. The molecular formula is C9H13N3O2. The van der Waals surface area contributed by atoms with Gasteiger partial charge in [0.15, 0.2) is 6.29 Å². The molecule has 1 aromatic rings. The van der Waals surface area contributed by atoms with E-state index in [0.717, 1.165) is 32.6 Å². The third kappa shape index (κ3) is 2.17. The van der Waals surface area contributed by atoms with E-state index in [1.165, 1.54) is 0 Å². The van der Waals surface area contributed by atoms with Crippen LogP contribution in [-0.4, -0.2) is 34.5 Å². The summed E-state index contributed by atoms with van der Waals surface area (Å²) >= 11 is 0. The van der Waals surface area contributed by atoms with Gasteiger partial charge in [0.2, 0.25) is 0 Å². The summed E-state index contributed by atoms with van der Waals surface area (Å²) in [6.45, 7) is 2.50. The first-order chi connectivity index (χ1) is 6.88. The lowest BCUT2D eigenvalue weighted by atomic mass is 10.0. The molecule has 0 radical (unpaired) electrons. The molecule has 1 aliphatic heterocycles. The van der Waals surface area contributed by atoms with Crippen LogP contribution in [-0.2, 0) is 11.3 Å². The van der Waals surface area contributed by atoms with Crippen molar-refractivity contribution in [2.45, 2.75) is 19.4 Å². The Labute approximate surface area is 82.1 Å². The molecule has 2 rings (SSSR count). The summed E-state index contributed by atoms with van der Waals surface area (Å²) in [5.41, 5.74) is 0.400. The summed E-state index contributed by atoms with van der Waals surface area (Å²) in [6, 6.07) is 0. The SMILES string of the molecule is O=Cc1cn(CC2CCOCC2)nn1. The first-order valence-corrected chi connectivity index (χ1v) is 4.81. The Morgan fingerprint density at radius 1 is 1.57 bits per heavy atom. The predicted molar refractivity (Wildman–Crippen MR) is 49.0 cm³/mol. The fourth-order valence-electron chi connectivity index (χ4n) is 1.65. The maximum Gasteiger partial charge on any atom is 0.171 e. The Morgan fingerprint density at radius 2 is 2.36 bits per heavy atom. The van der Waals surface area contributed by atoms with E-state index in [1.807, 2.05) is 0 Å². The molecule has 1 fully saturated rings. The molecule has 0 atom stereocenters. The Bertz CT molecular complexity index is 305. The Hall–Kier alpha value is -1.23. The van der Waals surface area contributed by atoms with Gasteiger partial charge in [-0.15, -0.1) is 5.10 Å². The zero-order valence-electron chi connectivity index (χ0n) is 7.93. The molecule has 5 heteroatoms. The second kappa shape index (κ2) is 4.32. The number of aldehydes is 1. The van der Waals surface area contributed by atoms with E-state index in [0.29, 0.717) is 17.9 Å². The van der Waals surface area contributed by atoms with E-state index in [-0.39, 0.29) is 0 Å². The van der Waals surface area contributed by atoms with Crippen molar-refractivity contribution in [2.24, 2.45) is 5.92 Å². The topological polar surface area (TPSA) is 57.0 Å². The van der Waals surface area contributed by atoms with E-state index in [2.05, 4.69) is 10.3 Å². The Balaban J connectivity index is 1.92. The highest BCUT2D eigenvalue weighted by Crippen LogP contribution is 2.16. The minimum atomic E-state index is 0.400. The van der Waals surface area contributed by atoms with Gasteiger partial charge in [-0.2, -0.15) is 0 Å². The maximum atomic E-state index is 10.4. The van der Waals surface area contributed by atoms with Crippen molar-refractivity contribution < 1.29 is 9.53 Å². The first-order valence-electron chi connectivity index (χ1n) is 4.81. The molecule has 0 bridgehead atoms. The summed E-state index contributed by atoms with van der Waals surface area (Å²) < 4.78 is 7.00. The molecule has 1 aliphatic rings. The minimum Gasteiger partial charge on any atom is -0.381 e. The van der Waals surface area contributed by atoms with Gasteiger partial charge in [0, 0.05) is 19.8 Å². The molecule has 76 valence electrons. The van der Waals surface area contributed by atoms with Crippen molar-refractivity contribution in [1.29, 1.82) is 0 Å². The van der Waals surface area contributed by atoms with Gasteiger partial charge in [0.1, 0.15) is 5.69 Å². The molecule has 0 saturated carbocycles. The number of hydrogen-bond acceptors (Lipinski definition) is 4. The molecule has 5 nitrogen and oxygen atoms in total. The highest BCUT2D eigenvalue weighted by molar-refractivity contribution is 5.70. The average Bonchev–Trinajstić information content (AvgIpc) is 2.67. The third-order valence-corrected chi connectivity index (χ3v) is 2.46. The zero-order chi connectivity index (χ0) is 9.80.